The molecule has 4 aliphatic carbocycles. The third kappa shape index (κ3) is 2.52. The molecule has 1 amide bonds. The van der Waals surface area contributed by atoms with Crippen molar-refractivity contribution in [2.75, 3.05) is 0 Å². The molecular formula is C20H25NO3. The van der Waals surface area contributed by atoms with Crippen molar-refractivity contribution in [1.82, 2.24) is 5.32 Å². The molecule has 0 heterocycles. The van der Waals surface area contributed by atoms with Gasteiger partial charge in [0.1, 0.15) is 0 Å². The smallest absolute Gasteiger partial charge is 0.335 e. The van der Waals surface area contributed by atoms with Crippen molar-refractivity contribution in [3.8, 4) is 0 Å². The molecule has 0 saturated heterocycles. The Labute approximate surface area is 142 Å². The van der Waals surface area contributed by atoms with Crippen LogP contribution >= 0.6 is 0 Å². The molecule has 4 aliphatic rings. The zero-order valence-electron chi connectivity index (χ0n) is 14.4. The summed E-state index contributed by atoms with van der Waals surface area (Å²) in [6, 6.07) is 6.23. The highest BCUT2D eigenvalue weighted by Crippen LogP contribution is 2.66. The van der Waals surface area contributed by atoms with Crippen molar-refractivity contribution in [2.24, 2.45) is 16.7 Å². The average Bonchev–Trinajstić information content (AvgIpc) is 2.42. The van der Waals surface area contributed by atoms with Crippen LogP contribution in [0.5, 0.6) is 0 Å². The first-order valence-corrected chi connectivity index (χ1v) is 8.86. The highest BCUT2D eigenvalue weighted by molar-refractivity contribution is 5.96. The van der Waals surface area contributed by atoms with E-state index in [4.69, 9.17) is 5.11 Å². The summed E-state index contributed by atoms with van der Waals surface area (Å²) in [6.07, 6.45) is 7.12. The second kappa shape index (κ2) is 4.84. The summed E-state index contributed by atoms with van der Waals surface area (Å²) in [5, 5.41) is 12.3. The van der Waals surface area contributed by atoms with Crippen LogP contribution in [0.15, 0.2) is 24.3 Å². The standard InChI is InChI=1S/C20H25NO3/c1-18-7-13-8-19(2,10-18)12-20(9-13,11-18)21-16(22)14-3-5-15(6-4-14)17(23)24/h3-6,13H,7-12H2,1-2H3,(H,21,22)(H,23,24)/t13?,18-,19+,20?. The van der Waals surface area contributed by atoms with Gasteiger partial charge in [0, 0.05) is 11.1 Å². The minimum atomic E-state index is -0.969. The second-order valence-corrected chi connectivity index (χ2v) is 9.25. The van der Waals surface area contributed by atoms with E-state index in [-0.39, 0.29) is 17.0 Å². The molecule has 4 heteroatoms. The predicted octanol–water partition coefficient (Wildman–Crippen LogP) is 3.86. The highest BCUT2D eigenvalue weighted by Gasteiger charge is 2.60. The average molecular weight is 327 g/mol. The molecule has 128 valence electrons. The SMILES string of the molecule is C[C@]12CC3CC(NC(=O)c4ccc(C(=O)O)cc4)(C1)C[C@@](C)(C3)C2. The van der Waals surface area contributed by atoms with Crippen LogP contribution in [0.2, 0.25) is 0 Å². The van der Waals surface area contributed by atoms with Crippen molar-refractivity contribution in [1.29, 1.82) is 0 Å². The van der Waals surface area contributed by atoms with Gasteiger partial charge in [-0.1, -0.05) is 13.8 Å². The van der Waals surface area contributed by atoms with Crippen LogP contribution in [0.4, 0.5) is 0 Å². The minimum absolute atomic E-state index is 0.0684. The number of carbonyl (C=O) groups excluding carboxylic acids is 1. The maximum Gasteiger partial charge on any atom is 0.335 e. The van der Waals surface area contributed by atoms with Gasteiger partial charge in [0.05, 0.1) is 5.56 Å². The van der Waals surface area contributed by atoms with E-state index in [0.29, 0.717) is 16.4 Å². The number of carboxylic acids is 1. The van der Waals surface area contributed by atoms with E-state index in [2.05, 4.69) is 19.2 Å². The fourth-order valence-electron chi connectivity index (χ4n) is 6.66. The van der Waals surface area contributed by atoms with Crippen LogP contribution in [-0.2, 0) is 0 Å². The Bertz CT molecular complexity index is 690. The molecule has 1 aromatic carbocycles. The lowest BCUT2D eigenvalue weighted by Crippen LogP contribution is -2.65. The first-order chi connectivity index (χ1) is 11.2. The summed E-state index contributed by atoms with van der Waals surface area (Å²) >= 11 is 0. The summed E-state index contributed by atoms with van der Waals surface area (Å²) < 4.78 is 0. The van der Waals surface area contributed by atoms with Gasteiger partial charge in [0.2, 0.25) is 0 Å². The number of hydrogen-bond acceptors (Lipinski definition) is 2. The topological polar surface area (TPSA) is 66.4 Å². The van der Waals surface area contributed by atoms with Crippen molar-refractivity contribution < 1.29 is 14.7 Å². The first-order valence-electron chi connectivity index (χ1n) is 8.86. The minimum Gasteiger partial charge on any atom is -0.478 e. The van der Waals surface area contributed by atoms with E-state index in [9.17, 15) is 9.59 Å². The molecule has 0 aromatic heterocycles. The first kappa shape index (κ1) is 15.7. The quantitative estimate of drug-likeness (QED) is 0.886. The molecular weight excluding hydrogens is 302 g/mol. The van der Waals surface area contributed by atoms with E-state index < -0.39 is 5.97 Å². The zero-order chi connectivity index (χ0) is 17.2. The molecule has 4 bridgehead atoms. The van der Waals surface area contributed by atoms with Crippen LogP contribution in [0, 0.1) is 16.7 Å². The number of hydrogen-bond donors (Lipinski definition) is 2. The van der Waals surface area contributed by atoms with E-state index in [1.54, 1.807) is 12.1 Å². The largest absolute Gasteiger partial charge is 0.478 e. The summed E-state index contributed by atoms with van der Waals surface area (Å²) in [4.78, 5) is 23.7. The van der Waals surface area contributed by atoms with E-state index >= 15 is 0 Å². The number of amides is 1. The van der Waals surface area contributed by atoms with Gasteiger partial charge in [-0.05, 0) is 79.5 Å². The lowest BCUT2D eigenvalue weighted by atomic mass is 9.43. The molecule has 2 unspecified atom stereocenters. The summed E-state index contributed by atoms with van der Waals surface area (Å²) in [6.45, 7) is 4.77. The molecule has 24 heavy (non-hydrogen) atoms. The third-order valence-corrected chi connectivity index (χ3v) is 6.40. The fourth-order valence-corrected chi connectivity index (χ4v) is 6.66. The van der Waals surface area contributed by atoms with Gasteiger partial charge in [-0.3, -0.25) is 4.79 Å². The van der Waals surface area contributed by atoms with Gasteiger partial charge >= 0.3 is 5.97 Å². The van der Waals surface area contributed by atoms with Crippen LogP contribution in [0.3, 0.4) is 0 Å². The Morgan fingerprint density at radius 3 is 2.00 bits per heavy atom. The number of carbonyl (C=O) groups is 2. The number of nitrogens with one attached hydrogen (secondary N) is 1. The Kier molecular flexibility index (Phi) is 3.16. The van der Waals surface area contributed by atoms with E-state index in [0.717, 1.165) is 25.2 Å². The van der Waals surface area contributed by atoms with Crippen molar-refractivity contribution >= 4 is 11.9 Å². The molecule has 2 N–H and O–H groups in total. The molecule has 5 rings (SSSR count). The Morgan fingerprint density at radius 2 is 1.50 bits per heavy atom. The lowest BCUT2D eigenvalue weighted by molar-refractivity contribution is -0.114. The van der Waals surface area contributed by atoms with Gasteiger partial charge in [0.15, 0.2) is 0 Å². The monoisotopic (exact) mass is 327 g/mol. The number of carboxylic acid groups (broad SMARTS) is 1. The summed E-state index contributed by atoms with van der Waals surface area (Å²) in [5.41, 5.74) is 1.39. The van der Waals surface area contributed by atoms with Crippen molar-refractivity contribution in [2.45, 2.75) is 57.9 Å². The van der Waals surface area contributed by atoms with E-state index in [1.807, 2.05) is 0 Å². The molecule has 4 fully saturated rings. The third-order valence-electron chi connectivity index (χ3n) is 6.40. The number of rotatable bonds is 3. The normalized spacial score (nSPS) is 39.7. The van der Waals surface area contributed by atoms with Crippen LogP contribution < -0.4 is 5.32 Å². The van der Waals surface area contributed by atoms with Crippen molar-refractivity contribution in [3.63, 3.8) is 0 Å². The molecule has 0 aliphatic heterocycles. The van der Waals surface area contributed by atoms with Gasteiger partial charge in [-0.25, -0.2) is 4.79 Å². The second-order valence-electron chi connectivity index (χ2n) is 9.25. The highest BCUT2D eigenvalue weighted by atomic mass is 16.4. The van der Waals surface area contributed by atoms with E-state index in [1.165, 1.54) is 31.4 Å². The van der Waals surface area contributed by atoms with Crippen LogP contribution in [0.25, 0.3) is 0 Å². The summed E-state index contributed by atoms with van der Waals surface area (Å²) in [7, 11) is 0. The Balaban J connectivity index is 1.56. The Morgan fingerprint density at radius 1 is 0.958 bits per heavy atom. The van der Waals surface area contributed by atoms with Gasteiger partial charge in [-0.15, -0.1) is 0 Å². The van der Waals surface area contributed by atoms with Crippen molar-refractivity contribution in [3.05, 3.63) is 35.4 Å². The zero-order valence-corrected chi connectivity index (χ0v) is 14.4. The molecule has 0 spiro atoms. The lowest BCUT2D eigenvalue weighted by Gasteiger charge is -2.65. The van der Waals surface area contributed by atoms with Gasteiger partial charge < -0.3 is 10.4 Å². The fraction of sp³-hybridized carbons (Fsp3) is 0.600. The van der Waals surface area contributed by atoms with Crippen LogP contribution in [-0.4, -0.2) is 22.5 Å². The number of benzene rings is 1. The van der Waals surface area contributed by atoms with Gasteiger partial charge in [-0.2, -0.15) is 0 Å². The Hall–Kier alpha value is -1.84. The predicted molar refractivity (Wildman–Crippen MR) is 91.0 cm³/mol. The number of aromatic carboxylic acids is 1. The molecule has 4 nitrogen and oxygen atoms in total. The van der Waals surface area contributed by atoms with Gasteiger partial charge in [0.25, 0.3) is 5.91 Å². The maximum absolute atomic E-state index is 12.8. The van der Waals surface area contributed by atoms with Crippen LogP contribution in [0.1, 0.15) is 73.1 Å². The maximum atomic E-state index is 12.8. The molecule has 0 radical (unpaired) electrons. The summed E-state index contributed by atoms with van der Waals surface area (Å²) in [5.74, 6) is -0.309. The molecule has 4 atom stereocenters. The molecule has 4 saturated carbocycles. The molecule has 1 aromatic rings.